The summed E-state index contributed by atoms with van der Waals surface area (Å²) in [6.07, 6.45) is 14.6. The fourth-order valence-corrected chi connectivity index (χ4v) is 3.98. The number of carbonyl (C=O) groups is 1. The van der Waals surface area contributed by atoms with Crippen molar-refractivity contribution >= 4 is 5.91 Å². The highest BCUT2D eigenvalue weighted by molar-refractivity contribution is 5.76. The molecule has 1 aliphatic carbocycles. The Morgan fingerprint density at radius 2 is 1.34 bits per heavy atom. The molecule has 0 saturated heterocycles. The third-order valence-corrected chi connectivity index (χ3v) is 5.69. The number of amides is 1. The first kappa shape index (κ1) is 35.8. The quantitative estimate of drug-likeness (QED) is 0.279. The van der Waals surface area contributed by atoms with Crippen molar-refractivity contribution in [2.75, 3.05) is 13.2 Å². The van der Waals surface area contributed by atoms with Gasteiger partial charge in [-0.05, 0) is 63.4 Å². The SMILES string of the molecule is CC.CC.CC(C)C.CC1(NC(=O)CCCCCCOCCCCc2ccccc2)CCCCC1. The molecule has 1 amide bonds. The number of nitrogens with one attached hydrogen (secondary N) is 1. The minimum Gasteiger partial charge on any atom is -0.381 e. The standard InChI is InChI=1S/C24H39NO2.C4H10.2C2H6/c1-24(18-10-5-11-19-24)25-23(26)17-8-2-3-12-20-27-21-13-9-16-22-14-6-4-7-15-22;1-4(2)3;2*1-2/h4,6-7,14-15H,2-3,5,8-13,16-21H2,1H3,(H,25,26);4H,1-3H3;2*1-2H3. The Kier molecular flexibility index (Phi) is 26.3. The van der Waals surface area contributed by atoms with Crippen LogP contribution in [0.25, 0.3) is 0 Å². The molecule has 0 spiro atoms. The van der Waals surface area contributed by atoms with E-state index in [1.165, 1.54) is 31.2 Å². The first-order valence-electron chi connectivity index (χ1n) is 14.8. The molecule has 1 aromatic carbocycles. The maximum absolute atomic E-state index is 12.1. The number of hydrogen-bond acceptors (Lipinski definition) is 2. The molecule has 1 saturated carbocycles. The normalized spacial score (nSPS) is 13.9. The minimum atomic E-state index is 0.0592. The molecule has 0 unspecified atom stereocenters. The average molecular weight is 492 g/mol. The van der Waals surface area contributed by atoms with E-state index in [0.29, 0.717) is 6.42 Å². The van der Waals surface area contributed by atoms with Crippen LogP contribution >= 0.6 is 0 Å². The highest BCUT2D eigenvalue weighted by Gasteiger charge is 2.27. The van der Waals surface area contributed by atoms with E-state index in [1.54, 1.807) is 0 Å². The van der Waals surface area contributed by atoms with Crippen molar-refractivity contribution in [3.63, 3.8) is 0 Å². The van der Waals surface area contributed by atoms with Gasteiger partial charge in [-0.3, -0.25) is 4.79 Å². The summed E-state index contributed by atoms with van der Waals surface area (Å²) < 4.78 is 5.73. The molecule has 3 nitrogen and oxygen atoms in total. The van der Waals surface area contributed by atoms with Crippen molar-refractivity contribution < 1.29 is 9.53 Å². The molecule has 0 bridgehead atoms. The second-order valence-corrected chi connectivity index (χ2v) is 10.1. The molecule has 0 aromatic heterocycles. The van der Waals surface area contributed by atoms with E-state index >= 15 is 0 Å². The van der Waals surface area contributed by atoms with Gasteiger partial charge < -0.3 is 10.1 Å². The van der Waals surface area contributed by atoms with Crippen molar-refractivity contribution in [3.8, 4) is 0 Å². The molecule has 0 atom stereocenters. The molecule has 2 rings (SSSR count). The Bertz CT molecular complexity index is 547. The molecular weight excluding hydrogens is 430 g/mol. The van der Waals surface area contributed by atoms with Crippen molar-refractivity contribution in [2.45, 2.75) is 144 Å². The van der Waals surface area contributed by atoms with Gasteiger partial charge in [0, 0.05) is 25.2 Å². The van der Waals surface area contributed by atoms with Gasteiger partial charge in [0.15, 0.2) is 0 Å². The van der Waals surface area contributed by atoms with Gasteiger partial charge in [-0.25, -0.2) is 0 Å². The average Bonchev–Trinajstić information content (AvgIpc) is 2.85. The van der Waals surface area contributed by atoms with E-state index in [1.807, 2.05) is 27.7 Å². The summed E-state index contributed by atoms with van der Waals surface area (Å²) in [5.41, 5.74) is 1.47. The zero-order chi connectivity index (χ0) is 26.8. The van der Waals surface area contributed by atoms with Crippen molar-refractivity contribution in [1.29, 1.82) is 0 Å². The summed E-state index contributed by atoms with van der Waals surface area (Å²) in [6.45, 7) is 18.4. The van der Waals surface area contributed by atoms with Crippen LogP contribution < -0.4 is 5.32 Å². The van der Waals surface area contributed by atoms with Gasteiger partial charge in [-0.1, -0.05) is 111 Å². The van der Waals surface area contributed by atoms with Gasteiger partial charge in [0.25, 0.3) is 0 Å². The molecule has 1 N–H and O–H groups in total. The van der Waals surface area contributed by atoms with Crippen molar-refractivity contribution in [2.24, 2.45) is 5.92 Å². The number of ether oxygens (including phenoxy) is 1. The van der Waals surface area contributed by atoms with Crippen LogP contribution in [0, 0.1) is 5.92 Å². The molecule has 0 radical (unpaired) electrons. The molecule has 1 aromatic rings. The Morgan fingerprint density at radius 3 is 1.91 bits per heavy atom. The summed E-state index contributed by atoms with van der Waals surface area (Å²) in [6, 6.07) is 10.7. The zero-order valence-corrected chi connectivity index (χ0v) is 24.9. The van der Waals surface area contributed by atoms with Gasteiger partial charge >= 0.3 is 0 Å². The minimum absolute atomic E-state index is 0.0592. The Hall–Kier alpha value is -1.35. The predicted octanol–water partition coefficient (Wildman–Crippen LogP) is 9.53. The maximum Gasteiger partial charge on any atom is 0.220 e. The number of carbonyl (C=O) groups excluding carboxylic acids is 1. The second-order valence-electron chi connectivity index (χ2n) is 10.1. The van der Waals surface area contributed by atoms with Crippen LogP contribution in [0.5, 0.6) is 0 Å². The van der Waals surface area contributed by atoms with Crippen LogP contribution in [0.15, 0.2) is 30.3 Å². The number of unbranched alkanes of at least 4 members (excludes halogenated alkanes) is 4. The first-order chi connectivity index (χ1) is 16.9. The Labute approximate surface area is 220 Å². The second kappa shape index (κ2) is 25.7. The van der Waals surface area contributed by atoms with Crippen molar-refractivity contribution in [3.05, 3.63) is 35.9 Å². The summed E-state index contributed by atoms with van der Waals surface area (Å²) in [4.78, 5) is 12.1. The lowest BCUT2D eigenvalue weighted by molar-refractivity contribution is -0.123. The largest absolute Gasteiger partial charge is 0.381 e. The van der Waals surface area contributed by atoms with Gasteiger partial charge in [0.05, 0.1) is 0 Å². The Balaban J connectivity index is 0. The third-order valence-electron chi connectivity index (χ3n) is 5.69. The number of benzene rings is 1. The molecule has 206 valence electrons. The van der Waals surface area contributed by atoms with Gasteiger partial charge in [0.2, 0.25) is 5.91 Å². The van der Waals surface area contributed by atoms with Crippen LogP contribution in [0.3, 0.4) is 0 Å². The topological polar surface area (TPSA) is 38.3 Å². The molecule has 35 heavy (non-hydrogen) atoms. The third kappa shape index (κ3) is 24.1. The van der Waals surface area contributed by atoms with E-state index in [4.69, 9.17) is 4.74 Å². The highest BCUT2D eigenvalue weighted by Crippen LogP contribution is 2.27. The number of rotatable bonds is 13. The lowest BCUT2D eigenvalue weighted by Crippen LogP contribution is -2.47. The first-order valence-corrected chi connectivity index (χ1v) is 14.8. The highest BCUT2D eigenvalue weighted by atomic mass is 16.5. The number of aryl methyl sites for hydroxylation is 1. The summed E-state index contributed by atoms with van der Waals surface area (Å²) in [5.74, 6) is 1.08. The zero-order valence-electron chi connectivity index (χ0n) is 24.9. The molecule has 1 aliphatic rings. The molecule has 0 heterocycles. The summed E-state index contributed by atoms with van der Waals surface area (Å²) >= 11 is 0. The van der Waals surface area contributed by atoms with E-state index in [2.05, 4.69) is 63.3 Å². The van der Waals surface area contributed by atoms with Crippen LogP contribution in [-0.2, 0) is 16.0 Å². The van der Waals surface area contributed by atoms with Crippen LogP contribution in [0.1, 0.15) is 138 Å². The van der Waals surface area contributed by atoms with E-state index in [-0.39, 0.29) is 11.4 Å². The fraction of sp³-hybridized carbons (Fsp3) is 0.781. The van der Waals surface area contributed by atoms with Crippen LogP contribution in [0.4, 0.5) is 0 Å². The molecule has 0 aliphatic heterocycles. The van der Waals surface area contributed by atoms with E-state index < -0.39 is 0 Å². The fourth-order valence-electron chi connectivity index (χ4n) is 3.98. The van der Waals surface area contributed by atoms with Crippen LogP contribution in [0.2, 0.25) is 0 Å². The lowest BCUT2D eigenvalue weighted by Gasteiger charge is -2.34. The van der Waals surface area contributed by atoms with Gasteiger partial charge in [-0.2, -0.15) is 0 Å². The summed E-state index contributed by atoms with van der Waals surface area (Å²) in [7, 11) is 0. The summed E-state index contributed by atoms with van der Waals surface area (Å²) in [5, 5.41) is 3.27. The van der Waals surface area contributed by atoms with Gasteiger partial charge in [-0.15, -0.1) is 0 Å². The predicted molar refractivity (Wildman–Crippen MR) is 156 cm³/mol. The maximum atomic E-state index is 12.1. The molecule has 3 heteroatoms. The van der Waals surface area contributed by atoms with E-state index in [9.17, 15) is 4.79 Å². The molecular formula is C32H61NO2. The lowest BCUT2D eigenvalue weighted by atomic mass is 9.83. The number of hydrogen-bond donors (Lipinski definition) is 1. The van der Waals surface area contributed by atoms with Gasteiger partial charge in [0.1, 0.15) is 0 Å². The smallest absolute Gasteiger partial charge is 0.220 e. The van der Waals surface area contributed by atoms with E-state index in [0.717, 1.165) is 70.5 Å². The van der Waals surface area contributed by atoms with Crippen molar-refractivity contribution in [1.82, 2.24) is 5.32 Å². The monoisotopic (exact) mass is 491 g/mol. The van der Waals surface area contributed by atoms with Crippen LogP contribution in [-0.4, -0.2) is 24.7 Å². The molecule has 1 fully saturated rings. The Morgan fingerprint density at radius 1 is 0.829 bits per heavy atom.